The van der Waals surface area contributed by atoms with Crippen LogP contribution in [0.3, 0.4) is 0 Å². The second-order valence-corrected chi connectivity index (χ2v) is 11.7. The molecular weight excluding hydrogens is 605 g/mol. The summed E-state index contributed by atoms with van der Waals surface area (Å²) in [4.78, 5) is 19.8. The van der Waals surface area contributed by atoms with Gasteiger partial charge in [-0.3, -0.25) is 4.79 Å². The fraction of sp³-hybridized carbons (Fsp3) is 0.520. The number of ether oxygens (including phenoxy) is 1. The third-order valence-electron chi connectivity index (χ3n) is 7.59. The molecule has 5 unspecified atom stereocenters. The lowest BCUT2D eigenvalue weighted by Crippen LogP contribution is -2.62. The van der Waals surface area contributed by atoms with Crippen LogP contribution in [-0.4, -0.2) is 94.4 Å². The number of anilines is 1. The molecule has 2 aliphatic rings. The SMILES string of the molecule is Nc1nc(Cl)c(CN(C(=O)C2OC(CO)C(O)C(n3cc(-c4cc(F)c(F)c(F)c4)nn3)C2O)[C@H]2CCCC[C@@H]2O)s1. The predicted octanol–water partition coefficient (Wildman–Crippen LogP) is 1.41. The first-order valence-electron chi connectivity index (χ1n) is 13.1. The number of nitrogens with two attached hydrogens (primary N) is 1. The summed E-state index contributed by atoms with van der Waals surface area (Å²) in [6.07, 6.45) is -3.74. The Morgan fingerprint density at radius 3 is 2.48 bits per heavy atom. The summed E-state index contributed by atoms with van der Waals surface area (Å²) in [5.74, 6) is -5.33. The normalized spacial score (nSPS) is 28.1. The Morgan fingerprint density at radius 1 is 1.17 bits per heavy atom. The Morgan fingerprint density at radius 2 is 1.86 bits per heavy atom. The van der Waals surface area contributed by atoms with Crippen molar-refractivity contribution in [3.05, 3.63) is 45.8 Å². The molecule has 2 aromatic heterocycles. The Labute approximate surface area is 246 Å². The molecule has 5 rings (SSSR count). The molecule has 0 bridgehead atoms. The molecule has 6 N–H and O–H groups in total. The number of rotatable bonds is 7. The van der Waals surface area contributed by atoms with Crippen molar-refractivity contribution >= 4 is 34.0 Å². The summed E-state index contributed by atoms with van der Waals surface area (Å²) >= 11 is 7.27. The van der Waals surface area contributed by atoms with Crippen LogP contribution in [0.5, 0.6) is 0 Å². The van der Waals surface area contributed by atoms with Crippen LogP contribution in [0.4, 0.5) is 18.3 Å². The topological polar surface area (TPSA) is 180 Å². The summed E-state index contributed by atoms with van der Waals surface area (Å²) in [6, 6.07) is -0.670. The number of aromatic nitrogens is 4. The summed E-state index contributed by atoms with van der Waals surface area (Å²) in [6.45, 7) is -0.847. The zero-order valence-corrected chi connectivity index (χ0v) is 23.4. The minimum absolute atomic E-state index is 0.0797. The van der Waals surface area contributed by atoms with Crippen LogP contribution in [0.2, 0.25) is 5.15 Å². The molecular formula is C25H28ClF3N6O6S. The van der Waals surface area contributed by atoms with Crippen molar-refractivity contribution in [1.82, 2.24) is 24.9 Å². The Bertz CT molecular complexity index is 1420. The first-order chi connectivity index (χ1) is 20.0. The zero-order valence-electron chi connectivity index (χ0n) is 21.9. The summed E-state index contributed by atoms with van der Waals surface area (Å²) in [7, 11) is 0. The maximum Gasteiger partial charge on any atom is 0.255 e. The summed E-state index contributed by atoms with van der Waals surface area (Å²) in [5, 5.41) is 51.0. The van der Waals surface area contributed by atoms with Crippen molar-refractivity contribution in [2.75, 3.05) is 12.3 Å². The Balaban J connectivity index is 1.48. The minimum atomic E-state index is -1.77. The highest BCUT2D eigenvalue weighted by Gasteiger charge is 2.51. The standard InChI is InChI=1S/C25H28ClF3N6O6S/c26-23-17(42-25(30)31-23)8-34(14-3-1-2-4-15(14)37)24(40)22-21(39)19(20(38)16(9-36)41-22)35-7-13(32-33-35)10-5-11(27)18(29)12(28)6-10/h5-7,14-16,19-22,36-39H,1-4,8-9H2,(H2,30,31)/t14-,15-,16?,19?,20?,21?,22?/m0/s1. The number of nitrogen functional groups attached to an aromatic ring is 1. The van der Waals surface area contributed by atoms with Gasteiger partial charge in [-0.15, -0.1) is 5.10 Å². The minimum Gasteiger partial charge on any atom is -0.394 e. The monoisotopic (exact) mass is 632 g/mol. The molecule has 1 aliphatic heterocycles. The van der Waals surface area contributed by atoms with Crippen LogP contribution >= 0.6 is 22.9 Å². The zero-order chi connectivity index (χ0) is 30.3. The molecule has 17 heteroatoms. The van der Waals surface area contributed by atoms with E-state index in [4.69, 9.17) is 22.1 Å². The highest BCUT2D eigenvalue weighted by Crippen LogP contribution is 2.35. The number of benzene rings is 1. The van der Waals surface area contributed by atoms with Gasteiger partial charge in [0.2, 0.25) is 0 Å². The van der Waals surface area contributed by atoms with Gasteiger partial charge in [-0.2, -0.15) is 0 Å². The molecule has 7 atom stereocenters. The van der Waals surface area contributed by atoms with Gasteiger partial charge in [0.1, 0.15) is 35.2 Å². The molecule has 1 saturated carbocycles. The maximum atomic E-state index is 14.1. The van der Waals surface area contributed by atoms with Gasteiger partial charge in [0.15, 0.2) is 28.7 Å². The molecule has 12 nitrogen and oxygen atoms in total. The van der Waals surface area contributed by atoms with Gasteiger partial charge in [-0.1, -0.05) is 41.0 Å². The van der Waals surface area contributed by atoms with Gasteiger partial charge in [-0.05, 0) is 25.0 Å². The highest BCUT2D eigenvalue weighted by atomic mass is 35.5. The smallest absolute Gasteiger partial charge is 0.255 e. The van der Waals surface area contributed by atoms with E-state index in [1.807, 2.05) is 0 Å². The van der Waals surface area contributed by atoms with Crippen LogP contribution < -0.4 is 5.73 Å². The fourth-order valence-electron chi connectivity index (χ4n) is 5.46. The number of aliphatic hydroxyl groups excluding tert-OH is 4. The number of aliphatic hydroxyl groups is 4. The average Bonchev–Trinajstić information content (AvgIpc) is 3.56. The molecule has 0 radical (unpaired) electrons. The number of amides is 1. The average molecular weight is 633 g/mol. The molecule has 42 heavy (non-hydrogen) atoms. The quantitative estimate of drug-likeness (QED) is 0.239. The lowest BCUT2D eigenvalue weighted by atomic mass is 9.88. The van der Waals surface area contributed by atoms with Crippen molar-refractivity contribution < 1.29 is 43.1 Å². The number of halogens is 4. The molecule has 3 heterocycles. The number of carbonyl (C=O) groups excluding carboxylic acids is 1. The molecule has 1 aromatic carbocycles. The van der Waals surface area contributed by atoms with Gasteiger partial charge in [-0.25, -0.2) is 22.8 Å². The van der Waals surface area contributed by atoms with E-state index < -0.39 is 72.6 Å². The highest BCUT2D eigenvalue weighted by molar-refractivity contribution is 7.15. The van der Waals surface area contributed by atoms with Crippen molar-refractivity contribution in [1.29, 1.82) is 0 Å². The van der Waals surface area contributed by atoms with Crippen molar-refractivity contribution in [2.45, 2.75) is 74.8 Å². The molecule has 0 spiro atoms. The second-order valence-electron chi connectivity index (χ2n) is 10.2. The van der Waals surface area contributed by atoms with E-state index in [9.17, 15) is 38.4 Å². The maximum absolute atomic E-state index is 14.1. The first kappa shape index (κ1) is 30.6. The Kier molecular flexibility index (Phi) is 9.03. The Hall–Kier alpha value is -2.86. The van der Waals surface area contributed by atoms with Crippen LogP contribution in [0.15, 0.2) is 18.3 Å². The van der Waals surface area contributed by atoms with E-state index in [1.54, 1.807) is 0 Å². The lowest BCUT2D eigenvalue weighted by Gasteiger charge is -2.45. The van der Waals surface area contributed by atoms with E-state index in [0.29, 0.717) is 29.9 Å². The van der Waals surface area contributed by atoms with Gasteiger partial charge < -0.3 is 35.8 Å². The van der Waals surface area contributed by atoms with Gasteiger partial charge in [0, 0.05) is 5.56 Å². The lowest BCUT2D eigenvalue weighted by molar-refractivity contribution is -0.214. The third kappa shape index (κ3) is 5.84. The first-order valence-corrected chi connectivity index (χ1v) is 14.3. The largest absolute Gasteiger partial charge is 0.394 e. The number of hydrogen-bond donors (Lipinski definition) is 5. The van der Waals surface area contributed by atoms with Crippen LogP contribution in [0, 0.1) is 17.5 Å². The van der Waals surface area contributed by atoms with E-state index >= 15 is 0 Å². The van der Waals surface area contributed by atoms with E-state index in [0.717, 1.165) is 35.1 Å². The van der Waals surface area contributed by atoms with E-state index in [2.05, 4.69) is 15.3 Å². The van der Waals surface area contributed by atoms with Crippen LogP contribution in [0.1, 0.15) is 36.6 Å². The third-order valence-corrected chi connectivity index (χ3v) is 8.88. The molecule has 2 fully saturated rings. The molecule has 3 aromatic rings. The fourth-order valence-corrected chi connectivity index (χ4v) is 6.50. The number of carbonyl (C=O) groups is 1. The molecule has 228 valence electrons. The van der Waals surface area contributed by atoms with Crippen molar-refractivity contribution in [3.63, 3.8) is 0 Å². The molecule has 1 aliphatic carbocycles. The summed E-state index contributed by atoms with van der Waals surface area (Å²) in [5.41, 5.74) is 5.49. The van der Waals surface area contributed by atoms with Crippen LogP contribution in [0.25, 0.3) is 11.3 Å². The van der Waals surface area contributed by atoms with E-state index in [1.165, 1.54) is 4.90 Å². The second kappa shape index (κ2) is 12.4. The molecule has 1 amide bonds. The summed E-state index contributed by atoms with van der Waals surface area (Å²) < 4.78 is 47.8. The number of hydrogen-bond acceptors (Lipinski definition) is 11. The number of nitrogens with zero attached hydrogens (tertiary/aromatic N) is 5. The van der Waals surface area contributed by atoms with Crippen molar-refractivity contribution in [3.8, 4) is 11.3 Å². The van der Waals surface area contributed by atoms with Gasteiger partial charge in [0.05, 0.1) is 36.4 Å². The number of thiazole rings is 1. The van der Waals surface area contributed by atoms with Gasteiger partial charge >= 0.3 is 0 Å². The predicted molar refractivity (Wildman–Crippen MR) is 142 cm³/mol. The van der Waals surface area contributed by atoms with E-state index in [-0.39, 0.29) is 28.1 Å². The van der Waals surface area contributed by atoms with Gasteiger partial charge in [0.25, 0.3) is 5.91 Å². The van der Waals surface area contributed by atoms with Crippen molar-refractivity contribution in [2.24, 2.45) is 0 Å². The van der Waals surface area contributed by atoms with Crippen LogP contribution in [-0.2, 0) is 16.1 Å². The molecule has 1 saturated heterocycles.